The molecular formula is C16H34BO3S. The van der Waals surface area contributed by atoms with Crippen LogP contribution in [0, 0.1) is 5.92 Å². The lowest BCUT2D eigenvalue weighted by Crippen LogP contribution is -2.42. The maximum atomic E-state index is 6.10. The van der Waals surface area contributed by atoms with Crippen molar-refractivity contribution < 1.29 is 14.2 Å². The van der Waals surface area contributed by atoms with Crippen molar-refractivity contribution in [1.29, 1.82) is 0 Å². The number of hydrogen-bond donors (Lipinski definition) is 1. The zero-order valence-electron chi connectivity index (χ0n) is 14.8. The summed E-state index contributed by atoms with van der Waals surface area (Å²) in [6.07, 6.45) is 1.44. The van der Waals surface area contributed by atoms with Crippen molar-refractivity contribution in [2.24, 2.45) is 5.92 Å². The molecule has 0 fully saturated rings. The Morgan fingerprint density at radius 2 is 1.57 bits per heavy atom. The van der Waals surface area contributed by atoms with E-state index in [0.29, 0.717) is 19.1 Å². The molecule has 0 heterocycles. The molecule has 0 N–H and O–H groups in total. The lowest BCUT2D eigenvalue weighted by atomic mass is 9.66. The van der Waals surface area contributed by atoms with Gasteiger partial charge in [-0.1, -0.05) is 20.7 Å². The molecule has 0 aromatic carbocycles. The molecule has 0 spiro atoms. The number of rotatable bonds is 12. The number of ether oxygens (including phenoxy) is 3. The molecule has 1 radical (unpaired) electrons. The van der Waals surface area contributed by atoms with Crippen LogP contribution in [0.3, 0.4) is 0 Å². The van der Waals surface area contributed by atoms with Gasteiger partial charge in [-0.05, 0) is 34.1 Å². The van der Waals surface area contributed by atoms with Crippen LogP contribution < -0.4 is 0 Å². The van der Waals surface area contributed by atoms with E-state index in [1.807, 2.05) is 13.7 Å². The van der Waals surface area contributed by atoms with Crippen LogP contribution in [0.2, 0.25) is 6.82 Å². The third-order valence-corrected chi connectivity index (χ3v) is 3.42. The monoisotopic (exact) mass is 317 g/mol. The summed E-state index contributed by atoms with van der Waals surface area (Å²) in [4.78, 5) is 0. The smallest absolute Gasteiger partial charge is 0.146 e. The molecule has 0 saturated heterocycles. The second-order valence-corrected chi connectivity index (χ2v) is 7.04. The van der Waals surface area contributed by atoms with Gasteiger partial charge in [-0.3, -0.25) is 0 Å². The normalized spacial score (nSPS) is 17.8. The van der Waals surface area contributed by atoms with Gasteiger partial charge in [0.2, 0.25) is 0 Å². The first-order valence-corrected chi connectivity index (χ1v) is 8.69. The standard InChI is InChI=1S/C16H34BO3S/c1-8-14(16(17-7)19-9-13(6)21)15(20-12(4)5)10-18-11(2)3/h11-16,21H,8-10H2,1-7H3/t13?,14-,15-,16?/m1/s1. The first-order chi connectivity index (χ1) is 9.81. The van der Waals surface area contributed by atoms with Gasteiger partial charge < -0.3 is 14.2 Å². The van der Waals surface area contributed by atoms with E-state index in [1.54, 1.807) is 0 Å². The van der Waals surface area contributed by atoms with Crippen LogP contribution >= 0.6 is 12.6 Å². The Bertz CT molecular complexity index is 250. The summed E-state index contributed by atoms with van der Waals surface area (Å²) in [5.41, 5.74) is 0. The summed E-state index contributed by atoms with van der Waals surface area (Å²) in [5.74, 6) is 0.295. The SMILES string of the molecule is C[B]C(OCC(C)S)[C@H](CC)[C@@H](COC(C)C)OC(C)C. The van der Waals surface area contributed by atoms with Gasteiger partial charge in [0.15, 0.2) is 0 Å². The average molecular weight is 317 g/mol. The van der Waals surface area contributed by atoms with Gasteiger partial charge in [0.05, 0.1) is 31.5 Å². The summed E-state index contributed by atoms with van der Waals surface area (Å²) >= 11 is 4.39. The van der Waals surface area contributed by atoms with Crippen molar-refractivity contribution in [3.05, 3.63) is 0 Å². The van der Waals surface area contributed by atoms with E-state index < -0.39 is 0 Å². The van der Waals surface area contributed by atoms with E-state index >= 15 is 0 Å². The summed E-state index contributed by atoms with van der Waals surface area (Å²) < 4.78 is 17.9. The van der Waals surface area contributed by atoms with Crippen molar-refractivity contribution >= 4 is 19.9 Å². The maximum Gasteiger partial charge on any atom is 0.146 e. The van der Waals surface area contributed by atoms with E-state index in [9.17, 15) is 0 Å². The van der Waals surface area contributed by atoms with E-state index in [1.165, 1.54) is 0 Å². The average Bonchev–Trinajstić information content (AvgIpc) is 2.39. The molecule has 21 heavy (non-hydrogen) atoms. The molecule has 0 aliphatic heterocycles. The molecule has 4 atom stereocenters. The van der Waals surface area contributed by atoms with Crippen molar-refractivity contribution in [3.8, 4) is 0 Å². The minimum atomic E-state index is 0.0498. The third-order valence-electron chi connectivity index (χ3n) is 3.27. The molecule has 0 bridgehead atoms. The first-order valence-electron chi connectivity index (χ1n) is 8.17. The minimum absolute atomic E-state index is 0.0498. The molecule has 2 unspecified atom stereocenters. The van der Waals surface area contributed by atoms with E-state index in [2.05, 4.69) is 54.5 Å². The topological polar surface area (TPSA) is 27.7 Å². The molecule has 3 nitrogen and oxygen atoms in total. The Morgan fingerprint density at radius 3 is 1.95 bits per heavy atom. The predicted octanol–water partition coefficient (Wildman–Crippen LogP) is 3.64. The fraction of sp³-hybridized carbons (Fsp3) is 1.00. The lowest BCUT2D eigenvalue weighted by molar-refractivity contribution is -0.105. The first kappa shape index (κ1) is 21.3. The summed E-state index contributed by atoms with van der Waals surface area (Å²) in [5, 5.41) is 0.237. The molecule has 0 aliphatic rings. The van der Waals surface area contributed by atoms with Crippen molar-refractivity contribution in [3.63, 3.8) is 0 Å². The summed E-state index contributed by atoms with van der Waals surface area (Å²) in [6.45, 7) is 15.8. The number of hydrogen-bond acceptors (Lipinski definition) is 4. The van der Waals surface area contributed by atoms with Crippen LogP contribution in [0.5, 0.6) is 0 Å². The Balaban J connectivity index is 4.79. The quantitative estimate of drug-likeness (QED) is 0.440. The summed E-state index contributed by atoms with van der Waals surface area (Å²) in [6, 6.07) is 0.0733. The van der Waals surface area contributed by atoms with Crippen LogP contribution in [-0.4, -0.2) is 50.1 Å². The minimum Gasteiger partial charge on any atom is -0.386 e. The molecule has 0 aliphatic carbocycles. The zero-order valence-corrected chi connectivity index (χ0v) is 15.7. The highest BCUT2D eigenvalue weighted by Crippen LogP contribution is 2.22. The van der Waals surface area contributed by atoms with E-state index in [4.69, 9.17) is 14.2 Å². The van der Waals surface area contributed by atoms with Crippen LogP contribution in [-0.2, 0) is 14.2 Å². The van der Waals surface area contributed by atoms with Gasteiger partial charge in [-0.15, -0.1) is 0 Å². The fourth-order valence-electron chi connectivity index (χ4n) is 2.32. The molecule has 0 rings (SSSR count). The van der Waals surface area contributed by atoms with Crippen molar-refractivity contribution in [1.82, 2.24) is 0 Å². The van der Waals surface area contributed by atoms with Crippen LogP contribution in [0.25, 0.3) is 0 Å². The van der Waals surface area contributed by atoms with Gasteiger partial charge in [0, 0.05) is 17.2 Å². The largest absolute Gasteiger partial charge is 0.386 e. The number of thiol groups is 1. The maximum absolute atomic E-state index is 6.10. The molecule has 0 aromatic rings. The Kier molecular flexibility index (Phi) is 12.0. The van der Waals surface area contributed by atoms with Gasteiger partial charge in [0.25, 0.3) is 0 Å². The van der Waals surface area contributed by atoms with E-state index in [-0.39, 0.29) is 29.6 Å². The van der Waals surface area contributed by atoms with Gasteiger partial charge >= 0.3 is 0 Å². The molecule has 0 saturated carbocycles. The van der Waals surface area contributed by atoms with Gasteiger partial charge in [-0.2, -0.15) is 12.6 Å². The van der Waals surface area contributed by atoms with Crippen molar-refractivity contribution in [2.75, 3.05) is 13.2 Å². The second kappa shape index (κ2) is 11.8. The zero-order chi connectivity index (χ0) is 16.4. The third kappa shape index (κ3) is 9.82. The molecule has 0 aromatic heterocycles. The van der Waals surface area contributed by atoms with Crippen LogP contribution in [0.15, 0.2) is 0 Å². The molecule has 5 heteroatoms. The van der Waals surface area contributed by atoms with Crippen LogP contribution in [0.1, 0.15) is 48.0 Å². The van der Waals surface area contributed by atoms with Crippen molar-refractivity contribution in [2.45, 2.75) is 84.4 Å². The molecule has 125 valence electrons. The van der Waals surface area contributed by atoms with Crippen LogP contribution in [0.4, 0.5) is 0 Å². The molecule has 0 amide bonds. The summed E-state index contributed by atoms with van der Waals surface area (Å²) in [7, 11) is 2.12. The molecular weight excluding hydrogens is 283 g/mol. The highest BCUT2D eigenvalue weighted by molar-refractivity contribution is 7.80. The Morgan fingerprint density at radius 1 is 0.952 bits per heavy atom. The van der Waals surface area contributed by atoms with E-state index in [0.717, 1.165) is 6.42 Å². The lowest BCUT2D eigenvalue weighted by Gasteiger charge is -2.34. The highest BCUT2D eigenvalue weighted by atomic mass is 32.1. The highest BCUT2D eigenvalue weighted by Gasteiger charge is 2.30. The second-order valence-electron chi connectivity index (χ2n) is 6.16. The Hall–Kier alpha value is 0.295. The fourth-order valence-corrected chi connectivity index (χ4v) is 2.41. The predicted molar refractivity (Wildman–Crippen MR) is 94.7 cm³/mol. The van der Waals surface area contributed by atoms with Gasteiger partial charge in [-0.25, -0.2) is 0 Å². The Labute approximate surface area is 138 Å². The van der Waals surface area contributed by atoms with Gasteiger partial charge in [0.1, 0.15) is 7.28 Å².